The molecule has 0 N–H and O–H groups in total. The Labute approximate surface area is 97.5 Å². The van der Waals surface area contributed by atoms with E-state index in [0.717, 1.165) is 12.3 Å². The van der Waals surface area contributed by atoms with E-state index in [9.17, 15) is 0 Å². The zero-order valence-electron chi connectivity index (χ0n) is 10.4. The highest BCUT2D eigenvalue weighted by Crippen LogP contribution is 2.49. The van der Waals surface area contributed by atoms with E-state index in [-0.39, 0.29) is 5.41 Å². The molecule has 1 heteroatoms. The van der Waals surface area contributed by atoms with Gasteiger partial charge in [-0.25, -0.2) is 0 Å². The molecule has 0 fully saturated rings. The maximum atomic E-state index is 5.65. The number of fused-ring (bicyclic) bond motifs is 2. The van der Waals surface area contributed by atoms with Gasteiger partial charge in [0.2, 0.25) is 0 Å². The summed E-state index contributed by atoms with van der Waals surface area (Å²) in [6.07, 6.45) is 8.07. The fourth-order valence-electron chi connectivity index (χ4n) is 3.75. The van der Waals surface area contributed by atoms with Gasteiger partial charge in [-0.05, 0) is 48.6 Å². The lowest BCUT2D eigenvalue weighted by Gasteiger charge is -2.44. The van der Waals surface area contributed by atoms with Crippen molar-refractivity contribution < 1.29 is 4.42 Å². The summed E-state index contributed by atoms with van der Waals surface area (Å²) >= 11 is 0. The van der Waals surface area contributed by atoms with Crippen LogP contribution in [0.2, 0.25) is 0 Å². The Bertz CT molecular complexity index is 436. The number of allylic oxidation sites excluding steroid dienone is 2. The smallest absolute Gasteiger partial charge is 0.108 e. The summed E-state index contributed by atoms with van der Waals surface area (Å²) < 4.78 is 5.65. The largest absolute Gasteiger partial charge is 0.469 e. The van der Waals surface area contributed by atoms with Crippen molar-refractivity contribution in [3.63, 3.8) is 0 Å². The second kappa shape index (κ2) is 3.26. The normalized spacial score (nSPS) is 31.6. The van der Waals surface area contributed by atoms with Crippen molar-refractivity contribution in [3.05, 3.63) is 35.3 Å². The van der Waals surface area contributed by atoms with Gasteiger partial charge in [-0.1, -0.05) is 25.5 Å². The summed E-state index contributed by atoms with van der Waals surface area (Å²) in [7, 11) is 0. The van der Waals surface area contributed by atoms with E-state index in [1.54, 1.807) is 5.57 Å². The molecule has 3 rings (SSSR count). The Morgan fingerprint density at radius 2 is 2.19 bits per heavy atom. The molecule has 0 aromatic carbocycles. The lowest BCUT2D eigenvalue weighted by atomic mass is 9.59. The van der Waals surface area contributed by atoms with Crippen molar-refractivity contribution in [1.29, 1.82) is 0 Å². The van der Waals surface area contributed by atoms with Crippen LogP contribution in [-0.2, 0) is 11.8 Å². The Morgan fingerprint density at radius 3 is 3.00 bits per heavy atom. The number of hydrogen-bond acceptors (Lipinski definition) is 1. The zero-order valence-corrected chi connectivity index (χ0v) is 10.4. The van der Waals surface area contributed by atoms with Crippen LogP contribution < -0.4 is 0 Å². The highest BCUT2D eigenvalue weighted by Gasteiger charge is 2.43. The van der Waals surface area contributed by atoms with Crippen molar-refractivity contribution >= 4 is 0 Å². The number of furan rings is 1. The topological polar surface area (TPSA) is 13.1 Å². The van der Waals surface area contributed by atoms with Crippen molar-refractivity contribution in [1.82, 2.24) is 0 Å². The van der Waals surface area contributed by atoms with E-state index in [2.05, 4.69) is 32.9 Å². The van der Waals surface area contributed by atoms with E-state index >= 15 is 0 Å². The summed E-state index contributed by atoms with van der Waals surface area (Å²) in [5, 5.41) is 0. The molecule has 0 radical (unpaired) electrons. The maximum absolute atomic E-state index is 5.65. The van der Waals surface area contributed by atoms with E-state index < -0.39 is 0 Å². The Morgan fingerprint density at radius 1 is 1.38 bits per heavy atom. The second-order valence-electron chi connectivity index (χ2n) is 6.01. The first-order chi connectivity index (χ1) is 7.59. The summed E-state index contributed by atoms with van der Waals surface area (Å²) in [4.78, 5) is 0. The quantitative estimate of drug-likeness (QED) is 0.595. The van der Waals surface area contributed by atoms with Crippen LogP contribution in [0, 0.1) is 11.8 Å². The van der Waals surface area contributed by atoms with Gasteiger partial charge >= 0.3 is 0 Å². The van der Waals surface area contributed by atoms with Crippen LogP contribution >= 0.6 is 0 Å². The molecule has 0 bridgehead atoms. The molecule has 86 valence electrons. The number of hydrogen-bond donors (Lipinski definition) is 0. The molecule has 0 spiro atoms. The van der Waals surface area contributed by atoms with E-state index in [1.165, 1.54) is 24.2 Å². The minimum Gasteiger partial charge on any atom is -0.469 e. The number of rotatable bonds is 0. The first kappa shape index (κ1) is 10.2. The predicted octanol–water partition coefficient (Wildman–Crippen LogP) is 4.09. The Balaban J connectivity index is 2.08. The second-order valence-corrected chi connectivity index (χ2v) is 6.01. The van der Waals surface area contributed by atoms with Crippen LogP contribution in [0.25, 0.3) is 0 Å². The molecule has 0 saturated heterocycles. The SMILES string of the molecule is CC1=C[C@@H]2Cc3occc3C(C)(C)[C@H]2CC1. The lowest BCUT2D eigenvalue weighted by Crippen LogP contribution is -2.40. The van der Waals surface area contributed by atoms with Crippen molar-refractivity contribution in [2.75, 3.05) is 0 Å². The predicted molar refractivity (Wildman–Crippen MR) is 65.4 cm³/mol. The standard InChI is InChI=1S/C15H20O/c1-10-4-5-12-11(8-10)9-14-13(6-7-16-14)15(12,2)3/h6-8,11-12H,4-5,9H2,1-3H3/t11-,12+/m1/s1. The molecule has 1 heterocycles. The van der Waals surface area contributed by atoms with E-state index in [1.807, 2.05) is 6.26 Å². The van der Waals surface area contributed by atoms with Gasteiger partial charge in [0.1, 0.15) is 5.76 Å². The molecule has 0 saturated carbocycles. The minimum atomic E-state index is 0.280. The van der Waals surface area contributed by atoms with Crippen LogP contribution in [0.5, 0.6) is 0 Å². The van der Waals surface area contributed by atoms with Crippen molar-refractivity contribution in [2.45, 2.75) is 45.4 Å². The van der Waals surface area contributed by atoms with Gasteiger partial charge in [0.05, 0.1) is 6.26 Å². The van der Waals surface area contributed by atoms with Crippen LogP contribution in [-0.4, -0.2) is 0 Å². The van der Waals surface area contributed by atoms with E-state index in [4.69, 9.17) is 4.42 Å². The Hall–Kier alpha value is -0.980. The van der Waals surface area contributed by atoms with Crippen molar-refractivity contribution in [3.8, 4) is 0 Å². The monoisotopic (exact) mass is 216 g/mol. The molecular formula is C15H20O. The van der Waals surface area contributed by atoms with Crippen LogP contribution in [0.3, 0.4) is 0 Å². The molecule has 0 unspecified atom stereocenters. The zero-order chi connectivity index (χ0) is 11.3. The highest BCUT2D eigenvalue weighted by atomic mass is 16.3. The van der Waals surface area contributed by atoms with Gasteiger partial charge in [-0.15, -0.1) is 0 Å². The van der Waals surface area contributed by atoms with Crippen molar-refractivity contribution in [2.24, 2.45) is 11.8 Å². The molecule has 1 aromatic rings. The van der Waals surface area contributed by atoms with Gasteiger partial charge in [0, 0.05) is 6.42 Å². The first-order valence-electron chi connectivity index (χ1n) is 6.33. The fraction of sp³-hybridized carbons (Fsp3) is 0.600. The minimum absolute atomic E-state index is 0.280. The molecule has 2 aliphatic rings. The third-order valence-corrected chi connectivity index (χ3v) is 4.65. The molecule has 16 heavy (non-hydrogen) atoms. The molecule has 1 nitrogen and oxygen atoms in total. The average Bonchev–Trinajstić information content (AvgIpc) is 2.65. The average molecular weight is 216 g/mol. The molecule has 2 atom stereocenters. The third kappa shape index (κ3) is 1.30. The summed E-state index contributed by atoms with van der Waals surface area (Å²) in [5.41, 5.74) is 3.29. The highest BCUT2D eigenvalue weighted by molar-refractivity contribution is 5.33. The van der Waals surface area contributed by atoms with Gasteiger partial charge in [0.25, 0.3) is 0 Å². The van der Waals surface area contributed by atoms with Gasteiger partial charge in [-0.3, -0.25) is 0 Å². The van der Waals surface area contributed by atoms with Crippen LogP contribution in [0.4, 0.5) is 0 Å². The lowest BCUT2D eigenvalue weighted by molar-refractivity contribution is 0.188. The first-order valence-corrected chi connectivity index (χ1v) is 6.33. The Kier molecular flexibility index (Phi) is 2.07. The van der Waals surface area contributed by atoms with Gasteiger partial charge in [-0.2, -0.15) is 0 Å². The summed E-state index contributed by atoms with van der Waals surface area (Å²) in [6.45, 7) is 7.03. The van der Waals surface area contributed by atoms with Crippen LogP contribution in [0.15, 0.2) is 28.4 Å². The molecule has 2 aliphatic carbocycles. The third-order valence-electron chi connectivity index (χ3n) is 4.65. The van der Waals surface area contributed by atoms with Crippen LogP contribution in [0.1, 0.15) is 44.9 Å². The summed E-state index contributed by atoms with van der Waals surface area (Å²) in [6, 6.07) is 2.18. The maximum Gasteiger partial charge on any atom is 0.108 e. The molecule has 0 aliphatic heterocycles. The van der Waals surface area contributed by atoms with E-state index in [0.29, 0.717) is 5.92 Å². The molecule has 0 amide bonds. The fourth-order valence-corrected chi connectivity index (χ4v) is 3.75. The molecule has 1 aromatic heterocycles. The summed E-state index contributed by atoms with van der Waals surface area (Å²) in [5.74, 6) is 2.71. The van der Waals surface area contributed by atoms with Gasteiger partial charge < -0.3 is 4.42 Å². The van der Waals surface area contributed by atoms with Gasteiger partial charge in [0.15, 0.2) is 0 Å². The molecular weight excluding hydrogens is 196 g/mol.